The summed E-state index contributed by atoms with van der Waals surface area (Å²) in [6, 6.07) is 12.6. The van der Waals surface area contributed by atoms with Crippen molar-refractivity contribution in [1.82, 2.24) is 9.88 Å². The van der Waals surface area contributed by atoms with E-state index >= 15 is 0 Å². The third-order valence-electron chi connectivity index (χ3n) is 4.30. The van der Waals surface area contributed by atoms with Gasteiger partial charge in [0.25, 0.3) is 5.91 Å². The second-order valence-electron chi connectivity index (χ2n) is 5.79. The first-order valence-corrected chi connectivity index (χ1v) is 8.10. The van der Waals surface area contributed by atoms with Gasteiger partial charge in [-0.1, -0.05) is 18.2 Å². The summed E-state index contributed by atoms with van der Waals surface area (Å²) in [5.41, 5.74) is 1.40. The van der Waals surface area contributed by atoms with E-state index in [1.54, 1.807) is 48.6 Å². The number of benzene rings is 1. The Morgan fingerprint density at radius 3 is 3.00 bits per heavy atom. The molecule has 0 aliphatic carbocycles. The van der Waals surface area contributed by atoms with Crippen LogP contribution in [0.25, 0.3) is 0 Å². The van der Waals surface area contributed by atoms with Crippen molar-refractivity contribution in [2.75, 3.05) is 20.3 Å². The highest BCUT2D eigenvalue weighted by Gasteiger charge is 2.35. The molecule has 0 spiro atoms. The Morgan fingerprint density at radius 1 is 1.40 bits per heavy atom. The molecule has 0 radical (unpaired) electrons. The van der Waals surface area contributed by atoms with Crippen molar-refractivity contribution in [2.24, 2.45) is 0 Å². The van der Waals surface area contributed by atoms with Crippen molar-refractivity contribution in [3.63, 3.8) is 0 Å². The smallest absolute Gasteiger partial charge is 0.257 e. The molecule has 0 saturated carbocycles. The minimum Gasteiger partial charge on any atom is -0.478 e. The number of pyridine rings is 1. The number of para-hydroxylation sites is 1. The fraction of sp³-hybridized carbons (Fsp3) is 0.316. The lowest BCUT2D eigenvalue weighted by Crippen LogP contribution is -2.39. The summed E-state index contributed by atoms with van der Waals surface area (Å²) < 4.78 is 11.2. The zero-order valence-corrected chi connectivity index (χ0v) is 14.0. The van der Waals surface area contributed by atoms with Gasteiger partial charge in [0.15, 0.2) is 6.61 Å². The highest BCUT2D eigenvalue weighted by atomic mass is 16.5. The van der Waals surface area contributed by atoms with Crippen LogP contribution in [0.15, 0.2) is 48.8 Å². The monoisotopic (exact) mass is 337 g/mol. The van der Waals surface area contributed by atoms with E-state index in [0.717, 1.165) is 12.0 Å². The number of hydrogen-bond acceptors (Lipinski definition) is 5. The summed E-state index contributed by atoms with van der Waals surface area (Å²) in [5.74, 6) is 0.260. The number of aromatic nitrogens is 1. The molecule has 1 aromatic carbocycles. The molecule has 1 aromatic heterocycles. The number of ether oxygens (including phenoxy) is 2. The predicted octanol–water partition coefficient (Wildman–Crippen LogP) is 2.59. The number of nitriles is 1. The molecule has 1 saturated heterocycles. The molecular formula is C19H19N3O3. The van der Waals surface area contributed by atoms with Crippen molar-refractivity contribution in [3.8, 4) is 11.8 Å². The van der Waals surface area contributed by atoms with Crippen LogP contribution in [0.2, 0.25) is 0 Å². The van der Waals surface area contributed by atoms with E-state index in [1.807, 2.05) is 18.2 Å². The van der Waals surface area contributed by atoms with E-state index in [9.17, 15) is 4.79 Å². The van der Waals surface area contributed by atoms with Gasteiger partial charge in [-0.25, -0.2) is 0 Å². The Labute approximate surface area is 146 Å². The molecule has 6 heteroatoms. The van der Waals surface area contributed by atoms with Crippen LogP contribution in [-0.4, -0.2) is 42.1 Å². The number of nitrogens with zero attached hydrogens (tertiary/aromatic N) is 3. The van der Waals surface area contributed by atoms with Gasteiger partial charge in [0.1, 0.15) is 17.9 Å². The zero-order valence-electron chi connectivity index (χ0n) is 14.0. The lowest BCUT2D eigenvalue weighted by Gasteiger charge is -2.29. The van der Waals surface area contributed by atoms with Gasteiger partial charge in [-0.05, 0) is 24.6 Å². The molecule has 2 aromatic rings. The predicted molar refractivity (Wildman–Crippen MR) is 91.0 cm³/mol. The number of carbonyl (C=O) groups is 1. The molecule has 0 bridgehead atoms. The van der Waals surface area contributed by atoms with Crippen LogP contribution < -0.4 is 4.74 Å². The summed E-state index contributed by atoms with van der Waals surface area (Å²) in [7, 11) is 1.77. The van der Waals surface area contributed by atoms with E-state index in [1.165, 1.54) is 0 Å². The first-order chi connectivity index (χ1) is 12.2. The van der Waals surface area contributed by atoms with Crippen LogP contribution in [0.3, 0.4) is 0 Å². The maximum Gasteiger partial charge on any atom is 0.257 e. The summed E-state index contributed by atoms with van der Waals surface area (Å²) >= 11 is 0. The molecule has 1 aliphatic rings. The van der Waals surface area contributed by atoms with Crippen molar-refractivity contribution in [3.05, 3.63) is 59.9 Å². The fourth-order valence-electron chi connectivity index (χ4n) is 3.06. The average Bonchev–Trinajstić information content (AvgIpc) is 3.16. The highest BCUT2D eigenvalue weighted by molar-refractivity contribution is 5.97. The summed E-state index contributed by atoms with van der Waals surface area (Å²) in [6.07, 6.45) is 4.04. The average molecular weight is 337 g/mol. The molecule has 25 heavy (non-hydrogen) atoms. The Hall–Kier alpha value is -2.91. The molecule has 1 fully saturated rings. The van der Waals surface area contributed by atoms with Crippen molar-refractivity contribution in [2.45, 2.75) is 18.6 Å². The maximum atomic E-state index is 13.0. The van der Waals surface area contributed by atoms with Gasteiger partial charge in [0, 0.05) is 31.6 Å². The third-order valence-corrected chi connectivity index (χ3v) is 4.30. The summed E-state index contributed by atoms with van der Waals surface area (Å²) in [4.78, 5) is 18.8. The number of carbonyl (C=O) groups excluding carboxylic acids is 1. The molecule has 1 aliphatic heterocycles. The Kier molecular flexibility index (Phi) is 5.26. The van der Waals surface area contributed by atoms with Gasteiger partial charge >= 0.3 is 0 Å². The largest absolute Gasteiger partial charge is 0.478 e. The maximum absolute atomic E-state index is 13.0. The number of hydrogen-bond donors (Lipinski definition) is 0. The van der Waals surface area contributed by atoms with Crippen molar-refractivity contribution < 1.29 is 14.3 Å². The summed E-state index contributed by atoms with van der Waals surface area (Å²) in [6.45, 7) is 0.493. The van der Waals surface area contributed by atoms with Gasteiger partial charge in [0.05, 0.1) is 11.6 Å². The normalized spacial score (nSPS) is 19.2. The lowest BCUT2D eigenvalue weighted by atomic mass is 10.0. The fourth-order valence-corrected chi connectivity index (χ4v) is 3.06. The van der Waals surface area contributed by atoms with Crippen LogP contribution in [0, 0.1) is 11.3 Å². The molecule has 0 N–H and O–H groups in total. The van der Waals surface area contributed by atoms with E-state index in [2.05, 4.69) is 4.98 Å². The Bertz CT molecular complexity index is 773. The van der Waals surface area contributed by atoms with Gasteiger partial charge in [0.2, 0.25) is 0 Å². The number of likely N-dealkylation sites (N-methyl/N-ethyl adjacent to an activating group) is 1. The van der Waals surface area contributed by atoms with E-state index in [4.69, 9.17) is 14.7 Å². The van der Waals surface area contributed by atoms with E-state index < -0.39 is 0 Å². The number of rotatable bonds is 5. The quantitative estimate of drug-likeness (QED) is 0.838. The molecular weight excluding hydrogens is 318 g/mol. The van der Waals surface area contributed by atoms with E-state index in [-0.39, 0.29) is 24.7 Å². The van der Waals surface area contributed by atoms with E-state index in [0.29, 0.717) is 17.9 Å². The molecule has 3 rings (SSSR count). The molecule has 128 valence electrons. The molecule has 6 nitrogen and oxygen atoms in total. The topological polar surface area (TPSA) is 75.5 Å². The van der Waals surface area contributed by atoms with Gasteiger partial charge in [-0.15, -0.1) is 0 Å². The first kappa shape index (κ1) is 16.9. The molecule has 1 amide bonds. The molecule has 2 atom stereocenters. The molecule has 2 heterocycles. The standard InChI is InChI=1S/C19H19N3O3/c1-22(16-8-11-25-18(16)14-5-4-10-21-13-14)19(23)15-6-2-3-7-17(15)24-12-9-20/h2-7,10,13,16,18H,8,11-12H2,1H3/t16-,18+/m0/s1. The number of amides is 1. The second-order valence-corrected chi connectivity index (χ2v) is 5.79. The SMILES string of the molecule is CN(C(=O)c1ccccc1OCC#N)[C@H]1CCO[C@@H]1c1cccnc1. The van der Waals surface area contributed by atoms with Crippen molar-refractivity contribution in [1.29, 1.82) is 5.26 Å². The Morgan fingerprint density at radius 2 is 2.24 bits per heavy atom. The van der Waals surface area contributed by atoms with Crippen LogP contribution in [0.1, 0.15) is 28.4 Å². The van der Waals surface area contributed by atoms with Crippen molar-refractivity contribution >= 4 is 5.91 Å². The highest BCUT2D eigenvalue weighted by Crippen LogP contribution is 2.33. The van der Waals surface area contributed by atoms with Gasteiger partial charge in [-0.3, -0.25) is 9.78 Å². The molecule has 0 unspecified atom stereocenters. The van der Waals surface area contributed by atoms with Crippen LogP contribution in [0.5, 0.6) is 5.75 Å². The lowest BCUT2D eigenvalue weighted by molar-refractivity contribution is 0.0512. The first-order valence-electron chi connectivity index (χ1n) is 8.10. The Balaban J connectivity index is 1.82. The van der Waals surface area contributed by atoms with Gasteiger partial charge in [-0.2, -0.15) is 5.26 Å². The summed E-state index contributed by atoms with van der Waals surface area (Å²) in [5, 5.41) is 8.71. The van der Waals surface area contributed by atoms with Crippen LogP contribution >= 0.6 is 0 Å². The second kappa shape index (κ2) is 7.77. The van der Waals surface area contributed by atoms with Gasteiger partial charge < -0.3 is 14.4 Å². The van der Waals surface area contributed by atoms with Crippen LogP contribution in [-0.2, 0) is 4.74 Å². The zero-order chi connectivity index (χ0) is 17.6. The minimum absolute atomic E-state index is 0.0827. The minimum atomic E-state index is -0.199. The third kappa shape index (κ3) is 3.62. The van der Waals surface area contributed by atoms with Crippen LogP contribution in [0.4, 0.5) is 0 Å².